The number of carbonyl (C=O) groups excluding carboxylic acids is 1. The number of allylic oxidation sites excluding steroid dienone is 1. The van der Waals surface area contributed by atoms with E-state index in [1.807, 2.05) is 6.20 Å². The molecular formula is C22H27N3O2. The first-order valence-corrected chi connectivity index (χ1v) is 10.1. The molecule has 142 valence electrons. The van der Waals surface area contributed by atoms with Crippen LogP contribution in [0.2, 0.25) is 0 Å². The van der Waals surface area contributed by atoms with Crippen molar-refractivity contribution in [3.8, 4) is 0 Å². The summed E-state index contributed by atoms with van der Waals surface area (Å²) in [5.74, 6) is 0.852. The third kappa shape index (κ3) is 2.99. The van der Waals surface area contributed by atoms with Crippen LogP contribution in [-0.4, -0.2) is 47.7 Å². The Bertz CT molecular complexity index is 788. The molecule has 5 rings (SSSR count). The third-order valence-corrected chi connectivity index (χ3v) is 6.72. The van der Waals surface area contributed by atoms with Crippen LogP contribution in [0.25, 0.3) is 0 Å². The number of carbonyl (C=O) groups is 1. The van der Waals surface area contributed by atoms with Crippen molar-refractivity contribution in [3.05, 3.63) is 59.4 Å². The summed E-state index contributed by atoms with van der Waals surface area (Å²) < 4.78 is 6.29. The molecule has 1 aliphatic carbocycles. The summed E-state index contributed by atoms with van der Waals surface area (Å²) in [4.78, 5) is 16.3. The van der Waals surface area contributed by atoms with E-state index in [1.54, 1.807) is 0 Å². The smallest absolute Gasteiger partial charge is 0.246 e. The third-order valence-electron chi connectivity index (χ3n) is 6.72. The minimum absolute atomic E-state index is 0.0798. The summed E-state index contributed by atoms with van der Waals surface area (Å²) in [6, 6.07) is 11.5. The number of ether oxygens (including phenoxy) is 1. The second kappa shape index (κ2) is 6.80. The maximum Gasteiger partial charge on any atom is 0.246 e. The fourth-order valence-electron chi connectivity index (χ4n) is 5.42. The van der Waals surface area contributed by atoms with Crippen LogP contribution in [0.1, 0.15) is 37.2 Å². The highest BCUT2D eigenvalue weighted by Gasteiger charge is 2.47. The molecule has 1 aromatic rings. The highest BCUT2D eigenvalue weighted by molar-refractivity contribution is 5.92. The van der Waals surface area contributed by atoms with Crippen LogP contribution in [0.15, 0.2) is 53.9 Å². The van der Waals surface area contributed by atoms with Crippen molar-refractivity contribution in [2.75, 3.05) is 19.7 Å². The van der Waals surface area contributed by atoms with E-state index in [1.165, 1.54) is 30.5 Å². The van der Waals surface area contributed by atoms with Crippen molar-refractivity contribution in [1.29, 1.82) is 0 Å². The number of nitrogens with two attached hydrogens (primary N) is 1. The van der Waals surface area contributed by atoms with Gasteiger partial charge in [-0.15, -0.1) is 0 Å². The van der Waals surface area contributed by atoms with E-state index in [9.17, 15) is 4.79 Å². The van der Waals surface area contributed by atoms with Gasteiger partial charge in [-0.05, 0) is 36.7 Å². The average molecular weight is 365 g/mol. The molecule has 1 amide bonds. The fourth-order valence-corrected chi connectivity index (χ4v) is 5.42. The maximum absolute atomic E-state index is 11.6. The fraction of sp³-hybridized carbons (Fsp3) is 0.500. The predicted molar refractivity (Wildman–Crippen MR) is 103 cm³/mol. The van der Waals surface area contributed by atoms with Crippen molar-refractivity contribution in [3.63, 3.8) is 0 Å². The Balaban J connectivity index is 1.43. The predicted octanol–water partition coefficient (Wildman–Crippen LogP) is 2.57. The molecule has 27 heavy (non-hydrogen) atoms. The monoisotopic (exact) mass is 365 g/mol. The molecule has 4 unspecified atom stereocenters. The van der Waals surface area contributed by atoms with E-state index in [0.717, 1.165) is 19.7 Å². The Hall–Kier alpha value is -2.11. The van der Waals surface area contributed by atoms with Crippen LogP contribution in [0.5, 0.6) is 0 Å². The molecule has 3 aliphatic heterocycles. The Morgan fingerprint density at radius 3 is 2.85 bits per heavy atom. The van der Waals surface area contributed by atoms with Gasteiger partial charge in [0.2, 0.25) is 5.91 Å². The van der Waals surface area contributed by atoms with Gasteiger partial charge in [0.25, 0.3) is 0 Å². The topological polar surface area (TPSA) is 58.8 Å². The maximum atomic E-state index is 11.6. The molecule has 4 aliphatic rings. The second-order valence-electron chi connectivity index (χ2n) is 8.23. The highest BCUT2D eigenvalue weighted by atomic mass is 16.5. The summed E-state index contributed by atoms with van der Waals surface area (Å²) >= 11 is 0. The standard InChI is InChI=1S/C22H27N3O2/c23-22(26)16-9-10-18-12-25-20(13-24(18)11-16)27-14-17-7-4-8-19(21(17)25)15-5-2-1-3-6-15/h1-3,5-6,10-11,17,19-21H,4,7-9,12-14H2,(H2,23,26). The van der Waals surface area contributed by atoms with Gasteiger partial charge in [-0.1, -0.05) is 42.8 Å². The second-order valence-corrected chi connectivity index (χ2v) is 8.23. The molecule has 4 atom stereocenters. The molecule has 0 radical (unpaired) electrons. The van der Waals surface area contributed by atoms with E-state index >= 15 is 0 Å². The zero-order chi connectivity index (χ0) is 18.4. The van der Waals surface area contributed by atoms with Gasteiger partial charge in [0, 0.05) is 30.1 Å². The lowest BCUT2D eigenvalue weighted by molar-refractivity contribution is -0.177. The average Bonchev–Trinajstić information content (AvgIpc) is 2.72. The first-order valence-electron chi connectivity index (χ1n) is 10.1. The molecule has 0 spiro atoms. The van der Waals surface area contributed by atoms with Gasteiger partial charge in [0.15, 0.2) is 0 Å². The van der Waals surface area contributed by atoms with E-state index in [2.05, 4.69) is 46.2 Å². The van der Waals surface area contributed by atoms with Crippen LogP contribution in [0, 0.1) is 5.92 Å². The Labute approximate surface area is 160 Å². The quantitative estimate of drug-likeness (QED) is 0.875. The van der Waals surface area contributed by atoms with E-state index in [-0.39, 0.29) is 12.1 Å². The largest absolute Gasteiger partial charge is 0.366 e. The summed E-state index contributed by atoms with van der Waals surface area (Å²) in [5.41, 5.74) is 8.90. The summed E-state index contributed by atoms with van der Waals surface area (Å²) in [6.07, 6.45) is 8.60. The number of fused-ring (bicyclic) bond motifs is 4. The van der Waals surface area contributed by atoms with Gasteiger partial charge in [-0.25, -0.2) is 0 Å². The molecule has 3 heterocycles. The Morgan fingerprint density at radius 1 is 1.19 bits per heavy atom. The molecule has 2 N–H and O–H groups in total. The zero-order valence-electron chi connectivity index (χ0n) is 15.6. The van der Waals surface area contributed by atoms with Crippen molar-refractivity contribution in [2.45, 2.75) is 43.9 Å². The molecule has 0 bridgehead atoms. The van der Waals surface area contributed by atoms with Gasteiger partial charge in [-0.2, -0.15) is 0 Å². The number of piperazine rings is 1. The Morgan fingerprint density at radius 2 is 2.04 bits per heavy atom. The molecular weight excluding hydrogens is 338 g/mol. The summed E-state index contributed by atoms with van der Waals surface area (Å²) in [7, 11) is 0. The minimum atomic E-state index is -0.325. The van der Waals surface area contributed by atoms with Crippen molar-refractivity contribution < 1.29 is 9.53 Å². The number of benzene rings is 1. The first kappa shape index (κ1) is 17.0. The molecule has 1 saturated carbocycles. The zero-order valence-corrected chi connectivity index (χ0v) is 15.6. The summed E-state index contributed by atoms with van der Waals surface area (Å²) in [6.45, 7) is 2.50. The lowest BCUT2D eigenvalue weighted by Gasteiger charge is -2.55. The highest BCUT2D eigenvalue weighted by Crippen LogP contribution is 2.44. The van der Waals surface area contributed by atoms with Crippen LogP contribution < -0.4 is 5.73 Å². The SMILES string of the molecule is NC(=O)C1=CN2CC3OCC4CCCC(c5ccccc5)C4N3CC2=CC1. The minimum Gasteiger partial charge on any atom is -0.366 e. The van der Waals surface area contributed by atoms with Gasteiger partial charge in [0.1, 0.15) is 6.23 Å². The number of hydrogen-bond acceptors (Lipinski definition) is 4. The molecule has 3 fully saturated rings. The number of amides is 1. The number of rotatable bonds is 2. The number of hydrogen-bond donors (Lipinski definition) is 1. The van der Waals surface area contributed by atoms with Crippen LogP contribution in [0.3, 0.4) is 0 Å². The van der Waals surface area contributed by atoms with Crippen LogP contribution in [-0.2, 0) is 9.53 Å². The van der Waals surface area contributed by atoms with Gasteiger partial charge < -0.3 is 15.4 Å². The van der Waals surface area contributed by atoms with Crippen LogP contribution >= 0.6 is 0 Å². The normalized spacial score (nSPS) is 33.3. The van der Waals surface area contributed by atoms with Gasteiger partial charge in [0.05, 0.1) is 13.2 Å². The van der Waals surface area contributed by atoms with Crippen molar-refractivity contribution in [1.82, 2.24) is 9.80 Å². The molecule has 2 saturated heterocycles. The number of primary amides is 1. The lowest BCUT2D eigenvalue weighted by atomic mass is 9.72. The summed E-state index contributed by atoms with van der Waals surface area (Å²) in [5, 5.41) is 0. The number of nitrogens with zero attached hydrogens (tertiary/aromatic N) is 2. The van der Waals surface area contributed by atoms with Gasteiger partial charge >= 0.3 is 0 Å². The van der Waals surface area contributed by atoms with E-state index < -0.39 is 0 Å². The van der Waals surface area contributed by atoms with Crippen LogP contribution in [0.4, 0.5) is 0 Å². The molecule has 1 aromatic carbocycles. The van der Waals surface area contributed by atoms with Crippen molar-refractivity contribution >= 4 is 5.91 Å². The van der Waals surface area contributed by atoms with Gasteiger partial charge in [-0.3, -0.25) is 9.69 Å². The molecule has 0 aromatic heterocycles. The van der Waals surface area contributed by atoms with E-state index in [0.29, 0.717) is 29.9 Å². The lowest BCUT2D eigenvalue weighted by Crippen LogP contribution is -2.63. The Kier molecular flexibility index (Phi) is 4.29. The molecule has 5 nitrogen and oxygen atoms in total. The van der Waals surface area contributed by atoms with Crippen molar-refractivity contribution in [2.24, 2.45) is 11.7 Å². The molecule has 5 heteroatoms. The van der Waals surface area contributed by atoms with E-state index in [4.69, 9.17) is 10.5 Å². The first-order chi connectivity index (χ1) is 13.2.